The number of nitrogens with zero attached hydrogens (tertiary/aromatic N) is 3. The highest BCUT2D eigenvalue weighted by Gasteiger charge is 2.02. The van der Waals surface area contributed by atoms with E-state index in [-0.39, 0.29) is 0 Å². The van der Waals surface area contributed by atoms with Crippen molar-refractivity contribution in [2.24, 2.45) is 0 Å². The highest BCUT2D eigenvalue weighted by molar-refractivity contribution is 5.63. The summed E-state index contributed by atoms with van der Waals surface area (Å²) >= 11 is 0. The number of hydrogen-bond acceptors (Lipinski definition) is 3. The second-order valence-corrected chi connectivity index (χ2v) is 1.85. The molecule has 0 saturated carbocycles. The van der Waals surface area contributed by atoms with Crippen LogP contribution >= 0.6 is 0 Å². The monoisotopic (exact) mass is 135 g/mol. The third-order valence-electron chi connectivity index (χ3n) is 1.28. The van der Waals surface area contributed by atoms with Gasteiger partial charge in [-0.1, -0.05) is 11.3 Å². The molecule has 2 aromatic heterocycles. The van der Waals surface area contributed by atoms with E-state index in [0.29, 0.717) is 0 Å². The third kappa shape index (κ3) is 0.500. The molecule has 4 heteroatoms. The summed E-state index contributed by atoms with van der Waals surface area (Å²) in [6.07, 6.45) is 3.19. The Bertz CT molecular complexity index is 360. The van der Waals surface area contributed by atoms with Crippen LogP contribution in [-0.4, -0.2) is 15.0 Å². The predicted octanol–water partition coefficient (Wildman–Crippen LogP) is 0.965. The summed E-state index contributed by atoms with van der Waals surface area (Å²) in [6.45, 7) is 3.58. The van der Waals surface area contributed by atoms with Crippen molar-refractivity contribution in [2.75, 3.05) is 0 Å². The van der Waals surface area contributed by atoms with Gasteiger partial charge < -0.3 is 4.52 Å². The molecule has 0 aromatic carbocycles. The molecule has 0 saturated heterocycles. The maximum Gasteiger partial charge on any atom is 0.134 e. The molecule has 2 aromatic rings. The van der Waals surface area contributed by atoms with Gasteiger partial charge in [-0.2, -0.15) is 0 Å². The minimum atomic E-state index is 0.744. The van der Waals surface area contributed by atoms with Crippen LogP contribution in [0.3, 0.4) is 0 Å². The first-order valence-corrected chi connectivity index (χ1v) is 2.83. The normalized spacial score (nSPS) is 10.4. The van der Waals surface area contributed by atoms with E-state index in [1.165, 1.54) is 4.69 Å². The van der Waals surface area contributed by atoms with Crippen LogP contribution in [0.2, 0.25) is 0 Å². The maximum atomic E-state index is 4.90. The van der Waals surface area contributed by atoms with Gasteiger partial charge >= 0.3 is 0 Å². The van der Waals surface area contributed by atoms with E-state index in [1.54, 1.807) is 18.4 Å². The van der Waals surface area contributed by atoms with Gasteiger partial charge in [0.2, 0.25) is 0 Å². The Balaban J connectivity index is 2.88. The SMILES string of the molecule is C=Cc1nnn2occc12. The van der Waals surface area contributed by atoms with Gasteiger partial charge in [-0.3, -0.25) is 0 Å². The zero-order valence-electron chi connectivity index (χ0n) is 5.19. The smallest absolute Gasteiger partial charge is 0.134 e. The van der Waals surface area contributed by atoms with Gasteiger partial charge in [0.1, 0.15) is 17.5 Å². The summed E-state index contributed by atoms with van der Waals surface area (Å²) in [4.78, 5) is 0. The van der Waals surface area contributed by atoms with Crippen LogP contribution in [0, 0.1) is 0 Å². The van der Waals surface area contributed by atoms with Gasteiger partial charge in [-0.25, -0.2) is 0 Å². The van der Waals surface area contributed by atoms with E-state index < -0.39 is 0 Å². The molecule has 10 heavy (non-hydrogen) atoms. The second kappa shape index (κ2) is 1.70. The quantitative estimate of drug-likeness (QED) is 0.585. The van der Waals surface area contributed by atoms with E-state index in [0.717, 1.165) is 11.2 Å². The van der Waals surface area contributed by atoms with Crippen LogP contribution < -0.4 is 0 Å². The van der Waals surface area contributed by atoms with Gasteiger partial charge in [0.25, 0.3) is 0 Å². The lowest BCUT2D eigenvalue weighted by Crippen LogP contribution is -1.77. The lowest BCUT2D eigenvalue weighted by atomic mass is 10.4. The molecule has 0 aliphatic rings. The minimum absolute atomic E-state index is 0.744. The fraction of sp³-hybridized carbons (Fsp3) is 0. The van der Waals surface area contributed by atoms with Crippen molar-refractivity contribution in [3.05, 3.63) is 24.6 Å². The Morgan fingerprint density at radius 3 is 3.40 bits per heavy atom. The first-order valence-electron chi connectivity index (χ1n) is 2.83. The van der Waals surface area contributed by atoms with E-state index >= 15 is 0 Å². The zero-order valence-corrected chi connectivity index (χ0v) is 5.19. The molecular weight excluding hydrogens is 130 g/mol. The van der Waals surface area contributed by atoms with Gasteiger partial charge in [-0.15, -0.1) is 5.10 Å². The number of fused-ring (bicyclic) bond motifs is 1. The Kier molecular flexibility index (Phi) is 0.887. The minimum Gasteiger partial charge on any atom is -0.364 e. The van der Waals surface area contributed by atoms with Crippen molar-refractivity contribution < 1.29 is 4.52 Å². The molecule has 0 aliphatic heterocycles. The second-order valence-electron chi connectivity index (χ2n) is 1.85. The van der Waals surface area contributed by atoms with Gasteiger partial charge in [0.05, 0.1) is 0 Å². The van der Waals surface area contributed by atoms with Gasteiger partial charge in [0.15, 0.2) is 0 Å². The van der Waals surface area contributed by atoms with Crippen LogP contribution in [-0.2, 0) is 0 Å². The summed E-state index contributed by atoms with van der Waals surface area (Å²) in [5.41, 5.74) is 1.59. The lowest BCUT2D eigenvalue weighted by molar-refractivity contribution is 0.329. The van der Waals surface area contributed by atoms with Gasteiger partial charge in [-0.05, 0) is 11.3 Å². The molecular formula is C6H5N3O. The summed E-state index contributed by atoms with van der Waals surface area (Å²) in [6, 6.07) is 1.79. The molecule has 0 amide bonds. The standard InChI is InChI=1S/C6H5N3O/c1-2-5-6-3-4-10-9(6)8-7-5/h2-4H,1H2. The fourth-order valence-electron chi connectivity index (χ4n) is 0.811. The number of aromatic nitrogens is 3. The molecule has 0 atom stereocenters. The largest absolute Gasteiger partial charge is 0.364 e. The molecule has 0 N–H and O–H groups in total. The molecule has 0 fully saturated rings. The van der Waals surface area contributed by atoms with Crippen LogP contribution in [0.5, 0.6) is 0 Å². The van der Waals surface area contributed by atoms with Crippen molar-refractivity contribution in [1.29, 1.82) is 0 Å². The zero-order chi connectivity index (χ0) is 6.97. The average Bonchev–Trinajstić information content (AvgIpc) is 2.44. The molecule has 0 aliphatic carbocycles. The molecule has 2 rings (SSSR count). The molecule has 0 radical (unpaired) electrons. The first-order chi connectivity index (χ1) is 4.92. The van der Waals surface area contributed by atoms with Crippen molar-refractivity contribution >= 4 is 11.6 Å². The molecule has 0 unspecified atom stereocenters. The Hall–Kier alpha value is -1.58. The molecule has 50 valence electrons. The van der Waals surface area contributed by atoms with Gasteiger partial charge in [0, 0.05) is 6.07 Å². The molecule has 0 bridgehead atoms. The average molecular weight is 135 g/mol. The highest BCUT2D eigenvalue weighted by atomic mass is 16.5. The highest BCUT2D eigenvalue weighted by Crippen LogP contribution is 2.07. The van der Waals surface area contributed by atoms with Crippen LogP contribution in [0.1, 0.15) is 5.69 Å². The van der Waals surface area contributed by atoms with E-state index in [4.69, 9.17) is 4.52 Å². The Labute approximate surface area is 56.7 Å². The van der Waals surface area contributed by atoms with E-state index in [2.05, 4.69) is 16.9 Å². The van der Waals surface area contributed by atoms with Crippen molar-refractivity contribution in [3.8, 4) is 0 Å². The van der Waals surface area contributed by atoms with Crippen LogP contribution in [0.15, 0.2) is 23.4 Å². The van der Waals surface area contributed by atoms with Crippen LogP contribution in [0.25, 0.3) is 11.6 Å². The summed E-state index contributed by atoms with van der Waals surface area (Å²) < 4.78 is 6.24. The molecule has 0 spiro atoms. The Morgan fingerprint density at radius 2 is 2.60 bits per heavy atom. The summed E-state index contributed by atoms with van der Waals surface area (Å²) in [5, 5.41) is 7.45. The summed E-state index contributed by atoms with van der Waals surface area (Å²) in [5.74, 6) is 0. The van der Waals surface area contributed by atoms with E-state index in [1.807, 2.05) is 0 Å². The Morgan fingerprint density at radius 1 is 1.70 bits per heavy atom. The number of hydrogen-bond donors (Lipinski definition) is 0. The molecule has 4 nitrogen and oxygen atoms in total. The topological polar surface area (TPSA) is 43.3 Å². The lowest BCUT2D eigenvalue weighted by Gasteiger charge is -1.74. The van der Waals surface area contributed by atoms with Crippen molar-refractivity contribution in [1.82, 2.24) is 15.0 Å². The van der Waals surface area contributed by atoms with E-state index in [9.17, 15) is 0 Å². The first kappa shape index (κ1) is 5.22. The maximum absolute atomic E-state index is 4.90. The van der Waals surface area contributed by atoms with Crippen LogP contribution in [0.4, 0.5) is 0 Å². The predicted molar refractivity (Wildman–Crippen MR) is 35.3 cm³/mol. The van der Waals surface area contributed by atoms with Crippen molar-refractivity contribution in [3.63, 3.8) is 0 Å². The fourth-order valence-corrected chi connectivity index (χ4v) is 0.811. The van der Waals surface area contributed by atoms with Crippen molar-refractivity contribution in [2.45, 2.75) is 0 Å². The summed E-state index contributed by atoms with van der Waals surface area (Å²) in [7, 11) is 0. The molecule has 2 heterocycles. The third-order valence-corrected chi connectivity index (χ3v) is 1.28. The number of rotatable bonds is 1.